The van der Waals surface area contributed by atoms with Crippen molar-refractivity contribution < 1.29 is 8.78 Å². The van der Waals surface area contributed by atoms with Crippen LogP contribution >= 0.6 is 0 Å². The SMILES string of the molecule is FC(F)c1cnc(Nc2ccc(N3CCNCC3)cc2C2CC2)nc1. The lowest BCUT2D eigenvalue weighted by atomic mass is 10.1. The van der Waals surface area contributed by atoms with E-state index in [9.17, 15) is 8.78 Å². The fraction of sp³-hybridized carbons (Fsp3) is 0.444. The van der Waals surface area contributed by atoms with E-state index in [1.807, 2.05) is 0 Å². The van der Waals surface area contributed by atoms with Crippen LogP contribution in [0.5, 0.6) is 0 Å². The molecule has 0 spiro atoms. The van der Waals surface area contributed by atoms with Crippen molar-refractivity contribution in [3.05, 3.63) is 41.7 Å². The fourth-order valence-electron chi connectivity index (χ4n) is 3.15. The lowest BCUT2D eigenvalue weighted by Gasteiger charge is -2.30. The van der Waals surface area contributed by atoms with Crippen LogP contribution < -0.4 is 15.5 Å². The molecule has 1 aliphatic carbocycles. The van der Waals surface area contributed by atoms with Crippen LogP contribution in [0.4, 0.5) is 26.1 Å². The van der Waals surface area contributed by atoms with Crippen molar-refractivity contribution in [2.24, 2.45) is 0 Å². The zero-order valence-electron chi connectivity index (χ0n) is 13.9. The number of rotatable bonds is 5. The average molecular weight is 345 g/mol. The second-order valence-corrected chi connectivity index (χ2v) is 6.55. The number of alkyl halides is 2. The molecule has 2 heterocycles. The van der Waals surface area contributed by atoms with Gasteiger partial charge in [0.1, 0.15) is 0 Å². The molecule has 132 valence electrons. The summed E-state index contributed by atoms with van der Waals surface area (Å²) in [5.74, 6) is 0.909. The molecule has 1 aromatic heterocycles. The Morgan fingerprint density at radius 3 is 2.48 bits per heavy atom. The maximum absolute atomic E-state index is 12.6. The van der Waals surface area contributed by atoms with Gasteiger partial charge in [0, 0.05) is 49.9 Å². The Kier molecular flexibility index (Phi) is 4.48. The van der Waals surface area contributed by atoms with Crippen LogP contribution in [0.1, 0.15) is 36.3 Å². The van der Waals surface area contributed by atoms with E-state index in [0.717, 1.165) is 31.9 Å². The minimum absolute atomic E-state index is 0.165. The fourth-order valence-corrected chi connectivity index (χ4v) is 3.15. The van der Waals surface area contributed by atoms with Gasteiger partial charge in [0.25, 0.3) is 6.43 Å². The van der Waals surface area contributed by atoms with Gasteiger partial charge in [-0.25, -0.2) is 18.7 Å². The number of benzene rings is 1. The van der Waals surface area contributed by atoms with E-state index >= 15 is 0 Å². The van der Waals surface area contributed by atoms with Crippen molar-refractivity contribution in [1.29, 1.82) is 0 Å². The largest absolute Gasteiger partial charge is 0.369 e. The first-order valence-corrected chi connectivity index (χ1v) is 8.67. The highest BCUT2D eigenvalue weighted by Crippen LogP contribution is 2.45. The lowest BCUT2D eigenvalue weighted by molar-refractivity contribution is 0.150. The van der Waals surface area contributed by atoms with Gasteiger partial charge in [0.05, 0.1) is 5.56 Å². The Morgan fingerprint density at radius 1 is 1.12 bits per heavy atom. The van der Waals surface area contributed by atoms with E-state index in [1.54, 1.807) is 0 Å². The number of hydrogen-bond donors (Lipinski definition) is 2. The second-order valence-electron chi connectivity index (χ2n) is 6.55. The van der Waals surface area contributed by atoms with Crippen molar-refractivity contribution in [3.8, 4) is 0 Å². The predicted octanol–water partition coefficient (Wildman–Crippen LogP) is 3.44. The van der Waals surface area contributed by atoms with Gasteiger partial charge in [-0.1, -0.05) is 0 Å². The molecule has 25 heavy (non-hydrogen) atoms. The third-order valence-corrected chi connectivity index (χ3v) is 4.70. The third-order valence-electron chi connectivity index (χ3n) is 4.70. The molecular weight excluding hydrogens is 324 g/mol. The molecule has 2 aromatic rings. The Hall–Kier alpha value is -2.28. The summed E-state index contributed by atoms with van der Waals surface area (Å²) in [6.07, 6.45) is 2.17. The highest BCUT2D eigenvalue weighted by Gasteiger charge is 2.27. The van der Waals surface area contributed by atoms with Crippen molar-refractivity contribution in [1.82, 2.24) is 15.3 Å². The van der Waals surface area contributed by atoms with Crippen molar-refractivity contribution in [3.63, 3.8) is 0 Å². The van der Waals surface area contributed by atoms with Gasteiger partial charge in [-0.15, -0.1) is 0 Å². The molecule has 2 aliphatic rings. The standard InChI is InChI=1S/C18H21F2N5/c19-17(20)13-10-22-18(23-11-13)24-16-4-3-14(9-15(16)12-1-2-12)25-7-5-21-6-8-25/h3-4,9-12,17,21H,1-2,5-8H2,(H,22,23,24). The van der Waals surface area contributed by atoms with Gasteiger partial charge < -0.3 is 15.5 Å². The van der Waals surface area contributed by atoms with Gasteiger partial charge in [-0.05, 0) is 42.5 Å². The molecule has 0 radical (unpaired) electrons. The second kappa shape index (κ2) is 6.92. The summed E-state index contributed by atoms with van der Waals surface area (Å²) in [5, 5.41) is 6.56. The molecule has 1 aliphatic heterocycles. The minimum atomic E-state index is -2.55. The molecular formula is C18H21F2N5. The molecule has 5 nitrogen and oxygen atoms in total. The smallest absolute Gasteiger partial charge is 0.266 e. The first-order chi connectivity index (χ1) is 12.2. The minimum Gasteiger partial charge on any atom is -0.369 e. The normalized spacial score (nSPS) is 17.8. The van der Waals surface area contributed by atoms with Crippen molar-refractivity contribution in [2.45, 2.75) is 25.2 Å². The summed E-state index contributed by atoms with van der Waals surface area (Å²) >= 11 is 0. The summed E-state index contributed by atoms with van der Waals surface area (Å²) in [7, 11) is 0. The molecule has 0 unspecified atom stereocenters. The maximum Gasteiger partial charge on any atom is 0.266 e. The van der Waals surface area contributed by atoms with Gasteiger partial charge in [-0.3, -0.25) is 0 Å². The molecule has 4 rings (SSSR count). The quantitative estimate of drug-likeness (QED) is 0.869. The van der Waals surface area contributed by atoms with Crippen molar-refractivity contribution in [2.75, 3.05) is 36.4 Å². The first-order valence-electron chi connectivity index (χ1n) is 8.67. The van der Waals surface area contributed by atoms with E-state index < -0.39 is 6.43 Å². The first kappa shape index (κ1) is 16.2. The molecule has 7 heteroatoms. The molecule has 1 saturated heterocycles. The number of hydrogen-bond acceptors (Lipinski definition) is 5. The Bertz CT molecular complexity index is 725. The Morgan fingerprint density at radius 2 is 1.84 bits per heavy atom. The number of piperazine rings is 1. The Labute approximate surface area is 145 Å². The molecule has 2 fully saturated rings. The van der Waals surface area contributed by atoms with E-state index in [2.05, 4.69) is 43.7 Å². The van der Waals surface area contributed by atoms with Gasteiger partial charge in [0.2, 0.25) is 5.95 Å². The van der Waals surface area contributed by atoms with Gasteiger partial charge >= 0.3 is 0 Å². The van der Waals surface area contributed by atoms with E-state index in [4.69, 9.17) is 0 Å². The van der Waals surface area contributed by atoms with Crippen LogP contribution in [0.3, 0.4) is 0 Å². The molecule has 0 bridgehead atoms. The molecule has 2 N–H and O–H groups in total. The summed E-state index contributed by atoms with van der Waals surface area (Å²) in [6, 6.07) is 6.40. The number of nitrogens with one attached hydrogen (secondary N) is 2. The number of anilines is 3. The summed E-state index contributed by atoms with van der Waals surface area (Å²) in [5.41, 5.74) is 3.30. The molecule has 0 atom stereocenters. The molecule has 0 amide bonds. The van der Waals surface area contributed by atoms with Crippen LogP contribution in [0.25, 0.3) is 0 Å². The van der Waals surface area contributed by atoms with E-state index in [0.29, 0.717) is 11.9 Å². The summed E-state index contributed by atoms with van der Waals surface area (Å²) in [4.78, 5) is 10.4. The molecule has 1 aromatic carbocycles. The van der Waals surface area contributed by atoms with Crippen molar-refractivity contribution >= 4 is 17.3 Å². The lowest BCUT2D eigenvalue weighted by Crippen LogP contribution is -2.43. The van der Waals surface area contributed by atoms with E-state index in [-0.39, 0.29) is 5.56 Å². The average Bonchev–Trinajstić information content (AvgIpc) is 3.48. The summed E-state index contributed by atoms with van der Waals surface area (Å²) in [6.45, 7) is 4.02. The zero-order chi connectivity index (χ0) is 17.2. The highest BCUT2D eigenvalue weighted by molar-refractivity contribution is 5.66. The van der Waals surface area contributed by atoms with Crippen LogP contribution in [-0.2, 0) is 0 Å². The van der Waals surface area contributed by atoms with Gasteiger partial charge in [0.15, 0.2) is 0 Å². The highest BCUT2D eigenvalue weighted by atomic mass is 19.3. The molecule has 1 saturated carbocycles. The predicted molar refractivity (Wildman–Crippen MR) is 93.8 cm³/mol. The maximum atomic E-state index is 12.6. The van der Waals surface area contributed by atoms with Crippen LogP contribution in [0.2, 0.25) is 0 Å². The van der Waals surface area contributed by atoms with E-state index in [1.165, 1.54) is 36.5 Å². The monoisotopic (exact) mass is 345 g/mol. The summed E-state index contributed by atoms with van der Waals surface area (Å²) < 4.78 is 25.2. The van der Waals surface area contributed by atoms with Crippen LogP contribution in [0, 0.1) is 0 Å². The number of halogens is 2. The number of aromatic nitrogens is 2. The zero-order valence-corrected chi connectivity index (χ0v) is 13.9. The Balaban J connectivity index is 1.56. The number of nitrogens with zero attached hydrogens (tertiary/aromatic N) is 3. The van der Waals surface area contributed by atoms with Gasteiger partial charge in [-0.2, -0.15) is 0 Å². The van der Waals surface area contributed by atoms with Crippen LogP contribution in [0.15, 0.2) is 30.6 Å². The third kappa shape index (κ3) is 3.71. The van der Waals surface area contributed by atoms with Crippen LogP contribution in [-0.4, -0.2) is 36.1 Å². The topological polar surface area (TPSA) is 53.1 Å².